The van der Waals surface area contributed by atoms with Crippen molar-refractivity contribution < 1.29 is 4.74 Å². The largest absolute Gasteiger partial charge is 0.491 e. The lowest BCUT2D eigenvalue weighted by molar-refractivity contribution is 0.242. The summed E-state index contributed by atoms with van der Waals surface area (Å²) in [6, 6.07) is 10.3. The zero-order valence-electron chi connectivity index (χ0n) is 15.2. The van der Waals surface area contributed by atoms with Crippen molar-refractivity contribution in [3.63, 3.8) is 0 Å². The normalized spacial score (nSPS) is 15.6. The molecule has 0 atom stereocenters. The number of anilines is 3. The van der Waals surface area contributed by atoms with Gasteiger partial charge >= 0.3 is 0 Å². The van der Waals surface area contributed by atoms with Crippen LogP contribution >= 0.6 is 0 Å². The average Bonchev–Trinajstić information content (AvgIpc) is 2.85. The van der Waals surface area contributed by atoms with Crippen LogP contribution in [0.5, 0.6) is 5.75 Å². The molecule has 134 valence electrons. The second-order valence-corrected chi connectivity index (χ2v) is 6.91. The van der Waals surface area contributed by atoms with Crippen molar-refractivity contribution in [3.8, 4) is 5.75 Å². The lowest BCUT2D eigenvalue weighted by Crippen LogP contribution is -2.19. The molecule has 0 spiro atoms. The third kappa shape index (κ3) is 5.62. The van der Waals surface area contributed by atoms with Crippen molar-refractivity contribution in [1.29, 1.82) is 0 Å². The first-order chi connectivity index (χ1) is 12.2. The van der Waals surface area contributed by atoms with Crippen molar-refractivity contribution in [3.05, 3.63) is 36.5 Å². The van der Waals surface area contributed by atoms with Gasteiger partial charge in [-0.2, -0.15) is 4.98 Å². The second-order valence-electron chi connectivity index (χ2n) is 6.91. The molecule has 1 fully saturated rings. The summed E-state index contributed by atoms with van der Waals surface area (Å²) in [4.78, 5) is 8.92. The van der Waals surface area contributed by atoms with E-state index in [2.05, 4.69) is 20.6 Å². The Kier molecular flexibility index (Phi) is 6.09. The van der Waals surface area contributed by atoms with E-state index < -0.39 is 0 Å². The molecule has 5 nitrogen and oxygen atoms in total. The van der Waals surface area contributed by atoms with E-state index in [0.29, 0.717) is 12.0 Å². The van der Waals surface area contributed by atoms with Gasteiger partial charge in [-0.05, 0) is 57.0 Å². The van der Waals surface area contributed by atoms with Crippen molar-refractivity contribution in [2.24, 2.45) is 0 Å². The van der Waals surface area contributed by atoms with Gasteiger partial charge in [0.25, 0.3) is 0 Å². The van der Waals surface area contributed by atoms with Crippen molar-refractivity contribution in [1.82, 2.24) is 9.97 Å². The number of hydrogen-bond acceptors (Lipinski definition) is 5. The lowest BCUT2D eigenvalue weighted by Gasteiger charge is -2.17. The minimum Gasteiger partial charge on any atom is -0.491 e. The minimum atomic E-state index is 0.175. The molecule has 1 aromatic carbocycles. The zero-order valence-corrected chi connectivity index (χ0v) is 15.2. The zero-order chi connectivity index (χ0) is 17.5. The molecule has 1 saturated carbocycles. The van der Waals surface area contributed by atoms with Crippen molar-refractivity contribution in [2.75, 3.05) is 10.6 Å². The summed E-state index contributed by atoms with van der Waals surface area (Å²) >= 11 is 0. The van der Waals surface area contributed by atoms with Crippen molar-refractivity contribution in [2.45, 2.75) is 64.5 Å². The van der Waals surface area contributed by atoms with E-state index in [-0.39, 0.29) is 6.10 Å². The van der Waals surface area contributed by atoms with Crippen LogP contribution in [0.25, 0.3) is 0 Å². The summed E-state index contributed by atoms with van der Waals surface area (Å²) in [5.74, 6) is 2.37. The second kappa shape index (κ2) is 8.70. The van der Waals surface area contributed by atoms with E-state index >= 15 is 0 Å². The van der Waals surface area contributed by atoms with Crippen molar-refractivity contribution >= 4 is 17.5 Å². The Morgan fingerprint density at radius 1 is 1.00 bits per heavy atom. The molecule has 0 radical (unpaired) electrons. The molecule has 1 aliphatic carbocycles. The quantitative estimate of drug-likeness (QED) is 0.713. The van der Waals surface area contributed by atoms with E-state index in [1.165, 1.54) is 38.5 Å². The Morgan fingerprint density at radius 3 is 2.40 bits per heavy atom. The van der Waals surface area contributed by atoms with Gasteiger partial charge in [0.1, 0.15) is 11.6 Å². The van der Waals surface area contributed by atoms with Crippen LogP contribution in [-0.2, 0) is 0 Å². The molecule has 25 heavy (non-hydrogen) atoms. The fraction of sp³-hybridized carbons (Fsp3) is 0.500. The molecule has 5 heteroatoms. The first-order valence-corrected chi connectivity index (χ1v) is 9.32. The molecule has 3 rings (SSSR count). The maximum absolute atomic E-state index is 5.66. The highest BCUT2D eigenvalue weighted by Crippen LogP contribution is 2.22. The number of nitrogens with one attached hydrogen (secondary N) is 2. The number of benzene rings is 1. The Hall–Kier alpha value is -2.30. The highest BCUT2D eigenvalue weighted by atomic mass is 16.5. The van der Waals surface area contributed by atoms with E-state index in [1.807, 2.05) is 44.2 Å². The monoisotopic (exact) mass is 340 g/mol. The van der Waals surface area contributed by atoms with Gasteiger partial charge in [0.2, 0.25) is 5.95 Å². The number of hydrogen-bond donors (Lipinski definition) is 2. The molecule has 1 aliphatic rings. The molecule has 2 aromatic rings. The Labute approximate surface area is 150 Å². The number of rotatable bonds is 6. The summed E-state index contributed by atoms with van der Waals surface area (Å²) in [7, 11) is 0. The molecule has 0 saturated heterocycles. The number of ether oxygens (including phenoxy) is 1. The number of nitrogens with zero attached hydrogens (tertiary/aromatic N) is 2. The Balaban J connectivity index is 1.61. The van der Waals surface area contributed by atoms with Crippen LogP contribution < -0.4 is 15.4 Å². The van der Waals surface area contributed by atoms with Gasteiger partial charge in [-0.15, -0.1) is 0 Å². The molecule has 1 heterocycles. The minimum absolute atomic E-state index is 0.175. The average molecular weight is 340 g/mol. The van der Waals surface area contributed by atoms with Crippen LogP contribution in [0.1, 0.15) is 52.4 Å². The molecule has 0 aliphatic heterocycles. The topological polar surface area (TPSA) is 59.1 Å². The van der Waals surface area contributed by atoms with Gasteiger partial charge in [0.15, 0.2) is 0 Å². The highest BCUT2D eigenvalue weighted by Gasteiger charge is 2.12. The predicted molar refractivity (Wildman–Crippen MR) is 103 cm³/mol. The van der Waals surface area contributed by atoms with Gasteiger partial charge in [0.05, 0.1) is 6.10 Å². The Morgan fingerprint density at radius 2 is 1.72 bits per heavy atom. The van der Waals surface area contributed by atoms with Crippen LogP contribution in [0.3, 0.4) is 0 Å². The first-order valence-electron chi connectivity index (χ1n) is 9.32. The third-order valence-corrected chi connectivity index (χ3v) is 4.34. The highest BCUT2D eigenvalue weighted by molar-refractivity contribution is 5.55. The summed E-state index contributed by atoms with van der Waals surface area (Å²) in [6.07, 6.45) is 9.74. The fourth-order valence-electron chi connectivity index (χ4n) is 3.15. The van der Waals surface area contributed by atoms with Gasteiger partial charge in [-0.3, -0.25) is 0 Å². The molecular weight excluding hydrogens is 312 g/mol. The molecule has 2 N–H and O–H groups in total. The van der Waals surface area contributed by atoms with E-state index in [0.717, 1.165) is 17.3 Å². The summed E-state index contributed by atoms with van der Waals surface area (Å²) in [5, 5.41) is 6.82. The maximum atomic E-state index is 5.66. The lowest BCUT2D eigenvalue weighted by atomic mass is 10.1. The SMILES string of the molecule is CC(C)Oc1ccc(Nc2nccc(NC3CCCCCC3)n2)cc1. The van der Waals surface area contributed by atoms with Gasteiger partial charge in [-0.25, -0.2) is 4.98 Å². The summed E-state index contributed by atoms with van der Waals surface area (Å²) in [5.41, 5.74) is 0.947. The molecule has 0 bridgehead atoms. The summed E-state index contributed by atoms with van der Waals surface area (Å²) in [6.45, 7) is 4.04. The van der Waals surface area contributed by atoms with Crippen LogP contribution in [0, 0.1) is 0 Å². The Bertz CT molecular complexity index is 649. The standard InChI is InChI=1S/C20H28N4O/c1-15(2)25-18-11-9-17(10-12-18)23-20-21-14-13-19(24-20)22-16-7-5-3-4-6-8-16/h9-16H,3-8H2,1-2H3,(H2,21,22,23,24). The number of aromatic nitrogens is 2. The summed E-state index contributed by atoms with van der Waals surface area (Å²) < 4.78 is 5.66. The molecule has 1 aromatic heterocycles. The predicted octanol–water partition coefficient (Wildman–Crippen LogP) is 5.14. The van der Waals surface area contributed by atoms with Crippen LogP contribution in [0.4, 0.5) is 17.5 Å². The smallest absolute Gasteiger partial charge is 0.229 e. The van der Waals surface area contributed by atoms with E-state index in [1.54, 1.807) is 6.20 Å². The third-order valence-electron chi connectivity index (χ3n) is 4.34. The van der Waals surface area contributed by atoms with Crippen LogP contribution in [0.15, 0.2) is 36.5 Å². The van der Waals surface area contributed by atoms with Gasteiger partial charge in [-0.1, -0.05) is 25.7 Å². The van der Waals surface area contributed by atoms with Crippen LogP contribution in [-0.4, -0.2) is 22.1 Å². The maximum Gasteiger partial charge on any atom is 0.229 e. The van der Waals surface area contributed by atoms with Crippen LogP contribution in [0.2, 0.25) is 0 Å². The fourth-order valence-corrected chi connectivity index (χ4v) is 3.15. The first kappa shape index (κ1) is 17.5. The molecule has 0 amide bonds. The van der Waals surface area contributed by atoms with E-state index in [9.17, 15) is 0 Å². The van der Waals surface area contributed by atoms with Gasteiger partial charge < -0.3 is 15.4 Å². The van der Waals surface area contributed by atoms with Gasteiger partial charge in [0, 0.05) is 17.9 Å². The van der Waals surface area contributed by atoms with E-state index in [4.69, 9.17) is 4.74 Å². The molecular formula is C20H28N4O. The molecule has 0 unspecified atom stereocenters.